The monoisotopic (exact) mass is 278 g/mol. The molecule has 0 saturated carbocycles. The lowest BCUT2D eigenvalue weighted by molar-refractivity contribution is -0.142. The van der Waals surface area contributed by atoms with E-state index in [-0.39, 0.29) is 13.2 Å². The van der Waals surface area contributed by atoms with Crippen LogP contribution in [0.3, 0.4) is 0 Å². The molecule has 5 heteroatoms. The topological polar surface area (TPSA) is 46.5 Å². The van der Waals surface area contributed by atoms with Crippen LogP contribution in [0.4, 0.5) is 0 Å². The Morgan fingerprint density at radius 3 is 2.86 bits per heavy atom. The van der Waals surface area contributed by atoms with Gasteiger partial charge in [0.25, 0.3) is 0 Å². The summed E-state index contributed by atoms with van der Waals surface area (Å²) >= 11 is 9.16. The molecule has 0 heterocycles. The van der Waals surface area contributed by atoms with Gasteiger partial charge in [-0.1, -0.05) is 33.6 Å². The fourth-order valence-electron chi connectivity index (χ4n) is 0.887. The zero-order chi connectivity index (χ0) is 10.6. The number of hydrogen-bond acceptors (Lipinski definition) is 2. The quantitative estimate of drug-likeness (QED) is 0.922. The summed E-state index contributed by atoms with van der Waals surface area (Å²) in [6.07, 6.45) is 0. The number of carboxylic acid groups (broad SMARTS) is 1. The van der Waals surface area contributed by atoms with Gasteiger partial charge >= 0.3 is 5.97 Å². The van der Waals surface area contributed by atoms with Crippen molar-refractivity contribution >= 4 is 33.5 Å². The van der Waals surface area contributed by atoms with Crippen LogP contribution in [0.15, 0.2) is 22.7 Å². The van der Waals surface area contributed by atoms with E-state index in [4.69, 9.17) is 21.4 Å². The summed E-state index contributed by atoms with van der Waals surface area (Å²) in [5.74, 6) is -0.988. The maximum absolute atomic E-state index is 10.2. The Labute approximate surface area is 94.8 Å². The summed E-state index contributed by atoms with van der Waals surface area (Å²) in [5, 5.41) is 8.90. The van der Waals surface area contributed by atoms with Crippen molar-refractivity contribution in [3.8, 4) is 0 Å². The van der Waals surface area contributed by atoms with Crippen LogP contribution in [0.25, 0.3) is 0 Å². The first-order valence-corrected chi connectivity index (χ1v) is 5.00. The van der Waals surface area contributed by atoms with Crippen LogP contribution in [0.5, 0.6) is 0 Å². The number of aliphatic carboxylic acids is 1. The van der Waals surface area contributed by atoms with Crippen LogP contribution in [0.1, 0.15) is 5.56 Å². The molecule has 0 aliphatic heterocycles. The third-order valence-corrected chi connectivity index (χ3v) is 2.34. The number of hydrogen-bond donors (Lipinski definition) is 1. The zero-order valence-electron chi connectivity index (χ0n) is 7.17. The maximum Gasteiger partial charge on any atom is 0.329 e. The molecule has 1 N–H and O–H groups in total. The lowest BCUT2D eigenvalue weighted by Crippen LogP contribution is -2.06. The van der Waals surface area contributed by atoms with Crippen LogP contribution in [-0.2, 0) is 16.1 Å². The van der Waals surface area contributed by atoms with E-state index < -0.39 is 5.97 Å². The van der Waals surface area contributed by atoms with Crippen molar-refractivity contribution in [1.29, 1.82) is 0 Å². The van der Waals surface area contributed by atoms with E-state index in [9.17, 15) is 4.79 Å². The van der Waals surface area contributed by atoms with Gasteiger partial charge in [0, 0.05) is 9.50 Å². The molecule has 76 valence electrons. The molecule has 1 aromatic carbocycles. The van der Waals surface area contributed by atoms with Crippen LogP contribution in [0.2, 0.25) is 5.02 Å². The highest BCUT2D eigenvalue weighted by Crippen LogP contribution is 2.21. The molecule has 0 atom stereocenters. The molecule has 0 aliphatic rings. The molecule has 0 aliphatic carbocycles. The molecule has 0 amide bonds. The standard InChI is InChI=1S/C9H8BrClO3/c10-7-2-1-6(8(11)3-7)4-14-5-9(12)13/h1-3H,4-5H2,(H,12,13). The summed E-state index contributed by atoms with van der Waals surface area (Å²) in [5.41, 5.74) is 0.774. The van der Waals surface area contributed by atoms with E-state index in [0.29, 0.717) is 5.02 Å². The smallest absolute Gasteiger partial charge is 0.329 e. The van der Waals surface area contributed by atoms with Crippen molar-refractivity contribution in [1.82, 2.24) is 0 Å². The van der Waals surface area contributed by atoms with Gasteiger partial charge in [-0.2, -0.15) is 0 Å². The van der Waals surface area contributed by atoms with Crippen molar-refractivity contribution in [3.05, 3.63) is 33.3 Å². The van der Waals surface area contributed by atoms with Crippen LogP contribution in [-0.4, -0.2) is 17.7 Å². The Hall–Kier alpha value is -0.580. The Balaban J connectivity index is 2.55. The summed E-state index contributed by atoms with van der Waals surface area (Å²) < 4.78 is 5.78. The van der Waals surface area contributed by atoms with E-state index in [2.05, 4.69) is 15.9 Å². The van der Waals surface area contributed by atoms with Gasteiger partial charge in [0.15, 0.2) is 0 Å². The molecule has 1 aromatic rings. The van der Waals surface area contributed by atoms with E-state index in [1.165, 1.54) is 0 Å². The molecule has 14 heavy (non-hydrogen) atoms. The van der Waals surface area contributed by atoms with Crippen molar-refractivity contribution in [3.63, 3.8) is 0 Å². The summed E-state index contributed by atoms with van der Waals surface area (Å²) in [4.78, 5) is 10.2. The van der Waals surface area contributed by atoms with Gasteiger partial charge in [-0.05, 0) is 17.7 Å². The number of carbonyl (C=O) groups is 1. The van der Waals surface area contributed by atoms with Gasteiger partial charge in [0.1, 0.15) is 6.61 Å². The lowest BCUT2D eigenvalue weighted by atomic mass is 10.2. The number of halogens is 2. The molecular weight excluding hydrogens is 271 g/mol. The van der Waals surface area contributed by atoms with Crippen molar-refractivity contribution in [2.75, 3.05) is 6.61 Å². The van der Waals surface area contributed by atoms with Gasteiger partial charge in [0.2, 0.25) is 0 Å². The van der Waals surface area contributed by atoms with Crippen LogP contribution < -0.4 is 0 Å². The van der Waals surface area contributed by atoms with Gasteiger partial charge in [0.05, 0.1) is 6.61 Å². The normalized spacial score (nSPS) is 10.1. The zero-order valence-corrected chi connectivity index (χ0v) is 9.51. The first-order chi connectivity index (χ1) is 6.59. The number of ether oxygens (including phenoxy) is 1. The molecule has 0 radical (unpaired) electrons. The second-order valence-corrected chi connectivity index (χ2v) is 3.95. The second kappa shape index (κ2) is 5.34. The predicted octanol–water partition coefficient (Wildman–Crippen LogP) is 2.70. The summed E-state index contributed by atoms with van der Waals surface area (Å²) in [6.45, 7) is -0.106. The van der Waals surface area contributed by atoms with Gasteiger partial charge in [-0.25, -0.2) is 4.79 Å². The van der Waals surface area contributed by atoms with Crippen LogP contribution >= 0.6 is 27.5 Å². The fraction of sp³-hybridized carbons (Fsp3) is 0.222. The Morgan fingerprint density at radius 1 is 1.57 bits per heavy atom. The third-order valence-electron chi connectivity index (χ3n) is 1.50. The summed E-state index contributed by atoms with van der Waals surface area (Å²) in [6, 6.07) is 5.35. The Bertz CT molecular complexity index is 341. The SMILES string of the molecule is O=C(O)COCc1ccc(Br)cc1Cl. The molecule has 0 unspecified atom stereocenters. The molecule has 1 rings (SSSR count). The highest BCUT2D eigenvalue weighted by Gasteiger charge is 2.02. The molecule has 0 bridgehead atoms. The number of carboxylic acids is 1. The third kappa shape index (κ3) is 3.65. The first-order valence-electron chi connectivity index (χ1n) is 3.83. The molecule has 0 spiro atoms. The van der Waals surface area contributed by atoms with Gasteiger partial charge < -0.3 is 9.84 Å². The van der Waals surface area contributed by atoms with Crippen molar-refractivity contribution < 1.29 is 14.6 Å². The number of rotatable bonds is 4. The van der Waals surface area contributed by atoms with Gasteiger partial charge in [-0.15, -0.1) is 0 Å². The lowest BCUT2D eigenvalue weighted by Gasteiger charge is -2.04. The van der Waals surface area contributed by atoms with E-state index in [0.717, 1.165) is 10.0 Å². The minimum Gasteiger partial charge on any atom is -0.480 e. The molecular formula is C9H8BrClO3. The fourth-order valence-corrected chi connectivity index (χ4v) is 1.62. The largest absolute Gasteiger partial charge is 0.480 e. The molecule has 0 aromatic heterocycles. The minimum absolute atomic E-state index is 0.207. The van der Waals surface area contributed by atoms with E-state index >= 15 is 0 Å². The van der Waals surface area contributed by atoms with Crippen LogP contribution in [0, 0.1) is 0 Å². The highest BCUT2D eigenvalue weighted by atomic mass is 79.9. The highest BCUT2D eigenvalue weighted by molar-refractivity contribution is 9.10. The predicted molar refractivity (Wildman–Crippen MR) is 56.4 cm³/mol. The maximum atomic E-state index is 10.2. The Kier molecular flexibility index (Phi) is 4.38. The van der Waals surface area contributed by atoms with Gasteiger partial charge in [-0.3, -0.25) is 0 Å². The summed E-state index contributed by atoms with van der Waals surface area (Å²) in [7, 11) is 0. The van der Waals surface area contributed by atoms with Crippen molar-refractivity contribution in [2.24, 2.45) is 0 Å². The molecule has 0 fully saturated rings. The average molecular weight is 280 g/mol. The molecule has 0 saturated heterocycles. The second-order valence-electron chi connectivity index (χ2n) is 2.62. The van der Waals surface area contributed by atoms with E-state index in [1.807, 2.05) is 6.07 Å². The molecule has 3 nitrogen and oxygen atoms in total. The minimum atomic E-state index is -0.988. The first kappa shape index (κ1) is 11.5. The average Bonchev–Trinajstić information content (AvgIpc) is 2.08. The Morgan fingerprint density at radius 2 is 2.29 bits per heavy atom. The number of benzene rings is 1. The van der Waals surface area contributed by atoms with Crippen molar-refractivity contribution in [2.45, 2.75) is 6.61 Å². The van der Waals surface area contributed by atoms with E-state index in [1.54, 1.807) is 12.1 Å².